The van der Waals surface area contributed by atoms with E-state index in [1.54, 1.807) is 0 Å². The highest BCUT2D eigenvalue weighted by molar-refractivity contribution is 4.88. The number of hydrogen-bond donors (Lipinski definition) is 0. The third kappa shape index (κ3) is 1.98. The van der Waals surface area contributed by atoms with Crippen LogP contribution in [0.1, 0.15) is 12.8 Å². The van der Waals surface area contributed by atoms with E-state index in [0.717, 1.165) is 26.1 Å². The quantitative estimate of drug-likeness (QED) is 0.607. The summed E-state index contributed by atoms with van der Waals surface area (Å²) in [5, 5.41) is 0. The molecule has 0 radical (unpaired) electrons. The van der Waals surface area contributed by atoms with Gasteiger partial charge in [0.1, 0.15) is 6.79 Å². The van der Waals surface area contributed by atoms with E-state index in [1.165, 1.54) is 0 Å². The zero-order valence-electron chi connectivity index (χ0n) is 9.41. The highest BCUT2D eigenvalue weighted by Gasteiger charge is 2.46. The van der Waals surface area contributed by atoms with Crippen molar-refractivity contribution in [3.8, 4) is 0 Å². The van der Waals surface area contributed by atoms with Crippen molar-refractivity contribution in [1.82, 2.24) is 0 Å². The first kappa shape index (κ1) is 10.9. The Morgan fingerprint density at radius 3 is 1.94 bits per heavy atom. The van der Waals surface area contributed by atoms with Gasteiger partial charge in [0.15, 0.2) is 5.79 Å². The van der Waals surface area contributed by atoms with Crippen LogP contribution in [0.4, 0.5) is 0 Å². The molecular weight excluding hydrogens is 212 g/mol. The minimum absolute atomic E-state index is 0.0954. The van der Waals surface area contributed by atoms with Crippen LogP contribution in [-0.4, -0.2) is 52.2 Å². The van der Waals surface area contributed by atoms with Crippen molar-refractivity contribution < 1.29 is 23.7 Å². The van der Waals surface area contributed by atoms with Crippen molar-refractivity contribution in [2.45, 2.75) is 18.6 Å². The average Bonchev–Trinajstić information content (AvgIpc) is 2.36. The second kappa shape index (κ2) is 4.23. The summed E-state index contributed by atoms with van der Waals surface area (Å²) in [4.78, 5) is 0. The van der Waals surface area contributed by atoms with Crippen molar-refractivity contribution in [2.24, 2.45) is 5.41 Å². The molecule has 5 heteroatoms. The molecule has 0 aliphatic carbocycles. The molecule has 5 nitrogen and oxygen atoms in total. The summed E-state index contributed by atoms with van der Waals surface area (Å²) in [5.41, 5.74) is -0.0954. The van der Waals surface area contributed by atoms with E-state index in [1.807, 2.05) is 0 Å². The Hall–Kier alpha value is -0.200. The lowest BCUT2D eigenvalue weighted by Crippen LogP contribution is -2.56. The van der Waals surface area contributed by atoms with E-state index in [0.29, 0.717) is 33.2 Å². The SMILES string of the molecule is C1CC2(CCO1)OCC1(COCOC1)CO2. The molecule has 0 saturated carbocycles. The molecule has 92 valence electrons. The molecule has 0 aromatic rings. The molecule has 0 aromatic carbocycles. The van der Waals surface area contributed by atoms with E-state index < -0.39 is 5.79 Å². The van der Waals surface area contributed by atoms with E-state index in [-0.39, 0.29) is 5.41 Å². The van der Waals surface area contributed by atoms with Crippen molar-refractivity contribution in [2.75, 3.05) is 46.4 Å². The van der Waals surface area contributed by atoms with Crippen molar-refractivity contribution >= 4 is 0 Å². The molecule has 0 atom stereocenters. The molecule has 3 rings (SSSR count). The molecule has 0 amide bonds. The van der Waals surface area contributed by atoms with E-state index in [2.05, 4.69) is 0 Å². The maximum absolute atomic E-state index is 5.94. The van der Waals surface area contributed by atoms with Crippen LogP contribution in [0, 0.1) is 5.41 Å². The summed E-state index contributed by atoms with van der Waals surface area (Å²) in [6.07, 6.45) is 1.65. The molecule has 3 heterocycles. The van der Waals surface area contributed by atoms with Gasteiger partial charge in [-0.1, -0.05) is 0 Å². The lowest BCUT2D eigenvalue weighted by molar-refractivity contribution is -0.346. The third-order valence-electron chi connectivity index (χ3n) is 3.52. The molecule has 2 spiro atoms. The van der Waals surface area contributed by atoms with Crippen molar-refractivity contribution in [3.05, 3.63) is 0 Å². The summed E-state index contributed by atoms with van der Waals surface area (Å²) in [6.45, 7) is 4.49. The molecule has 3 aliphatic heterocycles. The summed E-state index contributed by atoms with van der Waals surface area (Å²) in [7, 11) is 0. The van der Waals surface area contributed by atoms with Gasteiger partial charge in [-0.3, -0.25) is 0 Å². The van der Waals surface area contributed by atoms with Crippen LogP contribution >= 0.6 is 0 Å². The zero-order chi connectivity index (χ0) is 10.9. The minimum Gasteiger partial charge on any atom is -0.381 e. The second-order valence-corrected chi connectivity index (χ2v) is 4.92. The predicted molar refractivity (Wildman–Crippen MR) is 53.9 cm³/mol. The topological polar surface area (TPSA) is 46.2 Å². The lowest BCUT2D eigenvalue weighted by Gasteiger charge is -2.48. The van der Waals surface area contributed by atoms with Crippen LogP contribution in [0.25, 0.3) is 0 Å². The van der Waals surface area contributed by atoms with E-state index in [4.69, 9.17) is 23.7 Å². The Morgan fingerprint density at radius 1 is 0.688 bits per heavy atom. The first-order chi connectivity index (χ1) is 7.83. The van der Waals surface area contributed by atoms with Gasteiger partial charge in [0.2, 0.25) is 0 Å². The molecule has 0 aromatic heterocycles. The highest BCUT2D eigenvalue weighted by Crippen LogP contribution is 2.37. The summed E-state index contributed by atoms with van der Waals surface area (Å²) in [5.74, 6) is -0.402. The molecule has 0 N–H and O–H groups in total. The Kier molecular flexibility index (Phi) is 2.89. The summed E-state index contributed by atoms with van der Waals surface area (Å²) >= 11 is 0. The van der Waals surface area contributed by atoms with Crippen LogP contribution < -0.4 is 0 Å². The molecule has 3 aliphatic rings. The van der Waals surface area contributed by atoms with Gasteiger partial charge in [-0.25, -0.2) is 0 Å². The van der Waals surface area contributed by atoms with Crippen LogP contribution in [0.2, 0.25) is 0 Å². The fourth-order valence-electron chi connectivity index (χ4n) is 2.41. The Balaban J connectivity index is 1.61. The highest BCUT2D eigenvalue weighted by atomic mass is 16.7. The normalized spacial score (nSPS) is 33.0. The van der Waals surface area contributed by atoms with Crippen molar-refractivity contribution in [1.29, 1.82) is 0 Å². The van der Waals surface area contributed by atoms with Crippen LogP contribution in [0.3, 0.4) is 0 Å². The standard InChI is InChI=1S/C11H18O5/c1-3-12-4-2-11(1)15-7-10(8-16-11)5-13-9-14-6-10/h1-9H2. The van der Waals surface area contributed by atoms with Gasteiger partial charge in [-0.15, -0.1) is 0 Å². The molecular formula is C11H18O5. The number of ether oxygens (including phenoxy) is 5. The molecule has 3 fully saturated rings. The van der Waals surface area contributed by atoms with Crippen LogP contribution in [0.5, 0.6) is 0 Å². The third-order valence-corrected chi connectivity index (χ3v) is 3.52. The Bertz CT molecular complexity index is 205. The first-order valence-corrected chi connectivity index (χ1v) is 5.84. The molecule has 16 heavy (non-hydrogen) atoms. The maximum Gasteiger partial charge on any atom is 0.172 e. The molecule has 0 bridgehead atoms. The first-order valence-electron chi connectivity index (χ1n) is 5.84. The van der Waals surface area contributed by atoms with Gasteiger partial charge in [-0.2, -0.15) is 0 Å². The van der Waals surface area contributed by atoms with Gasteiger partial charge < -0.3 is 23.7 Å². The molecule has 3 saturated heterocycles. The minimum atomic E-state index is -0.402. The number of rotatable bonds is 0. The van der Waals surface area contributed by atoms with Gasteiger partial charge in [-0.05, 0) is 0 Å². The summed E-state index contributed by atoms with van der Waals surface area (Å²) < 4.78 is 27.9. The van der Waals surface area contributed by atoms with Crippen LogP contribution in [0.15, 0.2) is 0 Å². The maximum atomic E-state index is 5.94. The van der Waals surface area contributed by atoms with E-state index >= 15 is 0 Å². The monoisotopic (exact) mass is 230 g/mol. The Morgan fingerprint density at radius 2 is 1.31 bits per heavy atom. The smallest absolute Gasteiger partial charge is 0.172 e. The van der Waals surface area contributed by atoms with E-state index in [9.17, 15) is 0 Å². The second-order valence-electron chi connectivity index (χ2n) is 4.92. The molecule has 0 unspecified atom stereocenters. The Labute approximate surface area is 94.9 Å². The lowest BCUT2D eigenvalue weighted by atomic mass is 9.89. The zero-order valence-corrected chi connectivity index (χ0v) is 9.41. The van der Waals surface area contributed by atoms with Crippen molar-refractivity contribution in [3.63, 3.8) is 0 Å². The largest absolute Gasteiger partial charge is 0.381 e. The van der Waals surface area contributed by atoms with Gasteiger partial charge in [0, 0.05) is 12.8 Å². The van der Waals surface area contributed by atoms with Crippen LogP contribution in [-0.2, 0) is 23.7 Å². The predicted octanol–water partition coefficient (Wildman–Crippen LogP) is 0.531. The van der Waals surface area contributed by atoms with Gasteiger partial charge in [0.05, 0.1) is 45.1 Å². The summed E-state index contributed by atoms with van der Waals surface area (Å²) in [6, 6.07) is 0. The fraction of sp³-hybridized carbons (Fsp3) is 1.00. The fourth-order valence-corrected chi connectivity index (χ4v) is 2.41. The van der Waals surface area contributed by atoms with Gasteiger partial charge in [0.25, 0.3) is 0 Å². The average molecular weight is 230 g/mol. The number of hydrogen-bond acceptors (Lipinski definition) is 5. The van der Waals surface area contributed by atoms with Gasteiger partial charge >= 0.3 is 0 Å².